The number of rotatable bonds is 6. The SMILES string of the molecule is CN1CCC(c2ncc(-c3cnc([N+](=O)[O-])c(OCc4ccnc(Cl)c4)c3)s2)CC1. The van der Waals surface area contributed by atoms with Gasteiger partial charge in [0.15, 0.2) is 0 Å². The van der Waals surface area contributed by atoms with Gasteiger partial charge in [-0.3, -0.25) is 0 Å². The number of nitrogens with zero attached hydrogens (tertiary/aromatic N) is 5. The van der Waals surface area contributed by atoms with Crippen molar-refractivity contribution in [3.05, 3.63) is 62.6 Å². The maximum absolute atomic E-state index is 11.4. The first kappa shape index (κ1) is 20.6. The van der Waals surface area contributed by atoms with E-state index in [9.17, 15) is 10.1 Å². The lowest BCUT2D eigenvalue weighted by Gasteiger charge is -2.27. The lowest BCUT2D eigenvalue weighted by Crippen LogP contribution is -2.29. The first-order valence-electron chi connectivity index (χ1n) is 9.52. The molecule has 8 nitrogen and oxygen atoms in total. The molecule has 0 unspecified atom stereocenters. The molecule has 0 spiro atoms. The molecule has 0 radical (unpaired) electrons. The van der Waals surface area contributed by atoms with Gasteiger partial charge in [-0.2, -0.15) is 0 Å². The molecule has 0 N–H and O–H groups in total. The van der Waals surface area contributed by atoms with Crippen molar-refractivity contribution in [3.8, 4) is 16.2 Å². The molecule has 0 aliphatic carbocycles. The summed E-state index contributed by atoms with van der Waals surface area (Å²) in [5.74, 6) is 0.247. The Morgan fingerprint density at radius 1 is 1.27 bits per heavy atom. The standard InChI is InChI=1S/C20H20ClN5O3S/c1-25-6-3-14(4-7-25)20-24-11-17(30-20)15-9-16(19(23-10-15)26(27)28)29-12-13-2-5-22-18(21)8-13/h2,5,8-11,14H,3-4,6-7,12H2,1H3. The van der Waals surface area contributed by atoms with Gasteiger partial charge < -0.3 is 19.8 Å². The van der Waals surface area contributed by atoms with Crippen LogP contribution in [-0.2, 0) is 6.61 Å². The van der Waals surface area contributed by atoms with Gasteiger partial charge >= 0.3 is 5.82 Å². The summed E-state index contributed by atoms with van der Waals surface area (Å²) in [5.41, 5.74) is 1.51. The summed E-state index contributed by atoms with van der Waals surface area (Å²) < 4.78 is 5.72. The minimum absolute atomic E-state index is 0.111. The molecule has 0 atom stereocenters. The maximum atomic E-state index is 11.4. The van der Waals surface area contributed by atoms with Crippen molar-refractivity contribution in [2.45, 2.75) is 25.4 Å². The average Bonchev–Trinajstić information content (AvgIpc) is 3.23. The fourth-order valence-corrected chi connectivity index (χ4v) is 4.64. The Hall–Kier alpha value is -2.62. The molecular weight excluding hydrogens is 426 g/mol. The monoisotopic (exact) mass is 445 g/mol. The summed E-state index contributed by atoms with van der Waals surface area (Å²) in [6.45, 7) is 2.25. The van der Waals surface area contributed by atoms with Crippen molar-refractivity contribution in [1.29, 1.82) is 0 Å². The van der Waals surface area contributed by atoms with Crippen LogP contribution in [0, 0.1) is 10.1 Å². The molecule has 3 aromatic heterocycles. The predicted molar refractivity (Wildman–Crippen MR) is 115 cm³/mol. The van der Waals surface area contributed by atoms with Crippen molar-refractivity contribution in [2.75, 3.05) is 20.1 Å². The van der Waals surface area contributed by atoms with E-state index in [0.29, 0.717) is 11.1 Å². The third-order valence-electron chi connectivity index (χ3n) is 5.07. The van der Waals surface area contributed by atoms with E-state index in [1.54, 1.807) is 35.7 Å². The molecule has 0 aromatic carbocycles. The van der Waals surface area contributed by atoms with Crippen LogP contribution < -0.4 is 4.74 Å². The summed E-state index contributed by atoms with van der Waals surface area (Å²) >= 11 is 7.50. The van der Waals surface area contributed by atoms with Gasteiger partial charge in [0.25, 0.3) is 0 Å². The normalized spacial score (nSPS) is 15.3. The number of hydrogen-bond donors (Lipinski definition) is 0. The zero-order valence-corrected chi connectivity index (χ0v) is 17.9. The molecule has 10 heteroatoms. The Bertz CT molecular complexity index is 1050. The molecule has 0 bridgehead atoms. The number of piperidine rings is 1. The van der Waals surface area contributed by atoms with E-state index >= 15 is 0 Å². The molecule has 1 aliphatic rings. The smallest absolute Gasteiger partial charge is 0.406 e. The minimum atomic E-state index is -0.546. The van der Waals surface area contributed by atoms with E-state index in [0.717, 1.165) is 46.9 Å². The van der Waals surface area contributed by atoms with Crippen molar-refractivity contribution >= 4 is 28.8 Å². The molecule has 0 saturated carbocycles. The fourth-order valence-electron chi connectivity index (χ4n) is 3.37. The van der Waals surface area contributed by atoms with E-state index in [1.165, 1.54) is 6.20 Å². The van der Waals surface area contributed by atoms with Gasteiger partial charge in [-0.05, 0) is 60.6 Å². The quantitative estimate of drug-likeness (QED) is 0.312. The molecule has 0 amide bonds. The second kappa shape index (κ2) is 9.03. The summed E-state index contributed by atoms with van der Waals surface area (Å²) in [6.07, 6.45) is 7.05. The number of nitro groups is 1. The predicted octanol–water partition coefficient (Wildman–Crippen LogP) is 4.55. The zero-order valence-electron chi connectivity index (χ0n) is 16.3. The number of ether oxygens (including phenoxy) is 1. The lowest BCUT2D eigenvalue weighted by atomic mass is 9.98. The maximum Gasteiger partial charge on any atom is 0.406 e. The topological polar surface area (TPSA) is 94.3 Å². The highest BCUT2D eigenvalue weighted by Gasteiger charge is 2.23. The first-order valence-corrected chi connectivity index (χ1v) is 10.7. The van der Waals surface area contributed by atoms with Gasteiger partial charge in [-0.15, -0.1) is 11.3 Å². The number of pyridine rings is 2. The highest BCUT2D eigenvalue weighted by molar-refractivity contribution is 7.15. The van der Waals surface area contributed by atoms with Crippen LogP contribution >= 0.6 is 22.9 Å². The number of halogens is 1. The molecule has 156 valence electrons. The Morgan fingerprint density at radius 3 is 2.80 bits per heavy atom. The largest absolute Gasteiger partial charge is 0.481 e. The summed E-state index contributed by atoms with van der Waals surface area (Å²) in [6, 6.07) is 5.05. The zero-order chi connectivity index (χ0) is 21.1. The van der Waals surface area contributed by atoms with Crippen LogP contribution in [0.2, 0.25) is 5.15 Å². The molecule has 1 aliphatic heterocycles. The van der Waals surface area contributed by atoms with Crippen molar-refractivity contribution in [3.63, 3.8) is 0 Å². The molecule has 3 aromatic rings. The van der Waals surface area contributed by atoms with E-state index in [4.69, 9.17) is 16.3 Å². The highest BCUT2D eigenvalue weighted by Crippen LogP contribution is 2.37. The molecular formula is C20H20ClN5O3S. The van der Waals surface area contributed by atoms with E-state index in [-0.39, 0.29) is 18.2 Å². The van der Waals surface area contributed by atoms with Gasteiger partial charge in [0, 0.05) is 29.9 Å². The van der Waals surface area contributed by atoms with Gasteiger partial charge in [-0.1, -0.05) is 11.6 Å². The third kappa shape index (κ3) is 4.75. The molecule has 1 saturated heterocycles. The summed E-state index contributed by atoms with van der Waals surface area (Å²) in [5, 5.41) is 12.8. The molecule has 4 heterocycles. The second-order valence-electron chi connectivity index (χ2n) is 7.22. The Labute approximate surface area is 182 Å². The Balaban J connectivity index is 1.55. The van der Waals surface area contributed by atoms with E-state index in [2.05, 4.69) is 26.9 Å². The van der Waals surface area contributed by atoms with E-state index in [1.807, 2.05) is 6.20 Å². The summed E-state index contributed by atoms with van der Waals surface area (Å²) in [4.78, 5) is 26.6. The van der Waals surface area contributed by atoms with E-state index < -0.39 is 4.92 Å². The number of thiazole rings is 1. The Morgan fingerprint density at radius 2 is 2.07 bits per heavy atom. The van der Waals surface area contributed by atoms with Crippen LogP contribution in [0.15, 0.2) is 36.8 Å². The van der Waals surface area contributed by atoms with Crippen LogP contribution in [0.5, 0.6) is 5.75 Å². The van der Waals surface area contributed by atoms with Crippen LogP contribution in [0.1, 0.15) is 29.3 Å². The lowest BCUT2D eigenvalue weighted by molar-refractivity contribution is -0.390. The van der Waals surface area contributed by atoms with Crippen molar-refractivity contribution in [2.24, 2.45) is 0 Å². The first-order chi connectivity index (χ1) is 14.5. The molecule has 4 rings (SSSR count). The second-order valence-corrected chi connectivity index (χ2v) is 8.67. The average molecular weight is 446 g/mol. The van der Waals surface area contributed by atoms with Gasteiger partial charge in [-0.25, -0.2) is 9.97 Å². The van der Waals surface area contributed by atoms with Crippen LogP contribution in [0.25, 0.3) is 10.4 Å². The number of likely N-dealkylation sites (tertiary alicyclic amines) is 1. The van der Waals surface area contributed by atoms with Gasteiger partial charge in [0.2, 0.25) is 5.75 Å². The summed E-state index contributed by atoms with van der Waals surface area (Å²) in [7, 11) is 2.13. The molecule has 1 fully saturated rings. The van der Waals surface area contributed by atoms with Crippen LogP contribution in [0.3, 0.4) is 0 Å². The fraction of sp³-hybridized carbons (Fsp3) is 0.350. The minimum Gasteiger partial charge on any atom is -0.481 e. The number of hydrogen-bond acceptors (Lipinski definition) is 8. The van der Waals surface area contributed by atoms with Gasteiger partial charge in [0.1, 0.15) is 18.0 Å². The van der Waals surface area contributed by atoms with Gasteiger partial charge in [0.05, 0.1) is 9.88 Å². The van der Waals surface area contributed by atoms with Crippen LogP contribution in [-0.4, -0.2) is 44.9 Å². The van der Waals surface area contributed by atoms with Crippen molar-refractivity contribution < 1.29 is 9.66 Å². The number of aromatic nitrogens is 3. The van der Waals surface area contributed by atoms with Crippen molar-refractivity contribution in [1.82, 2.24) is 19.9 Å². The third-order valence-corrected chi connectivity index (χ3v) is 6.48. The van der Waals surface area contributed by atoms with Crippen LogP contribution in [0.4, 0.5) is 5.82 Å². The highest BCUT2D eigenvalue weighted by atomic mass is 35.5. The Kier molecular flexibility index (Phi) is 6.21. The molecule has 30 heavy (non-hydrogen) atoms.